The minimum Gasteiger partial charge on any atom is -0.445 e. The highest BCUT2D eigenvalue weighted by Crippen LogP contribution is 2.65. The molecule has 0 N–H and O–H groups in total. The Morgan fingerprint density at radius 2 is 2.03 bits per heavy atom. The maximum absolute atomic E-state index is 12.0. The molecular formula is C26H32O5S. The van der Waals surface area contributed by atoms with Crippen LogP contribution in [-0.2, 0) is 25.5 Å². The lowest BCUT2D eigenvalue weighted by Gasteiger charge is -2.55. The highest BCUT2D eigenvalue weighted by atomic mass is 32.2. The van der Waals surface area contributed by atoms with Crippen LogP contribution >= 0.6 is 11.8 Å². The number of benzene rings is 1. The number of aryl methyl sites for hydroxylation is 1. The molecule has 2 saturated carbocycles. The van der Waals surface area contributed by atoms with E-state index in [1.165, 1.54) is 25.0 Å². The second-order valence-corrected chi connectivity index (χ2v) is 10.4. The number of fused-ring (bicyclic) bond motifs is 5. The first-order chi connectivity index (χ1) is 15.2. The van der Waals surface area contributed by atoms with Gasteiger partial charge in [0, 0.05) is 25.2 Å². The van der Waals surface area contributed by atoms with E-state index in [1.807, 2.05) is 18.4 Å². The van der Waals surface area contributed by atoms with Gasteiger partial charge in [-0.2, -0.15) is 0 Å². The van der Waals surface area contributed by atoms with Crippen LogP contribution in [0.5, 0.6) is 5.75 Å². The Kier molecular flexibility index (Phi) is 6.35. The number of hydrogen-bond acceptors (Lipinski definition) is 6. The smallest absolute Gasteiger partial charge is 0.308 e. The minimum atomic E-state index is -0.880. The molecule has 1 unspecified atom stereocenters. The summed E-state index contributed by atoms with van der Waals surface area (Å²) in [6.45, 7) is 5.07. The molecule has 0 spiro atoms. The van der Waals surface area contributed by atoms with E-state index in [4.69, 9.17) is 20.6 Å². The Balaban J connectivity index is 1.74. The van der Waals surface area contributed by atoms with Gasteiger partial charge in [-0.05, 0) is 73.5 Å². The summed E-state index contributed by atoms with van der Waals surface area (Å²) in [7, 11) is 0. The molecule has 0 aromatic heterocycles. The van der Waals surface area contributed by atoms with Crippen LogP contribution in [0.4, 0.5) is 0 Å². The van der Waals surface area contributed by atoms with Crippen LogP contribution in [0.1, 0.15) is 63.5 Å². The Bertz CT molecular complexity index is 952. The van der Waals surface area contributed by atoms with Crippen molar-refractivity contribution in [2.75, 3.05) is 12.2 Å². The molecule has 172 valence electrons. The number of carbonyl (C=O) groups excluding carboxylic acids is 2. The molecular weight excluding hydrogens is 424 g/mol. The summed E-state index contributed by atoms with van der Waals surface area (Å²) in [5.74, 6) is 4.50. The summed E-state index contributed by atoms with van der Waals surface area (Å²) in [6, 6.07) is 6.00. The molecule has 4 rings (SSSR count). The van der Waals surface area contributed by atoms with E-state index in [2.05, 4.69) is 18.9 Å². The zero-order valence-electron chi connectivity index (χ0n) is 19.3. The van der Waals surface area contributed by atoms with Gasteiger partial charge in [0.05, 0.1) is 12.0 Å². The number of ether oxygens (including phenoxy) is 3. The van der Waals surface area contributed by atoms with E-state index in [0.29, 0.717) is 29.9 Å². The van der Waals surface area contributed by atoms with Gasteiger partial charge in [-0.15, -0.1) is 18.2 Å². The quantitative estimate of drug-likeness (QED) is 0.277. The monoisotopic (exact) mass is 456 g/mol. The lowest BCUT2D eigenvalue weighted by Crippen LogP contribution is -2.56. The molecule has 32 heavy (non-hydrogen) atoms. The number of carbonyl (C=O) groups is 2. The fourth-order valence-corrected chi connectivity index (χ4v) is 7.13. The van der Waals surface area contributed by atoms with Gasteiger partial charge in [0.2, 0.25) is 0 Å². The standard InChI is InChI=1S/C26H32O5S/c1-6-26(31-17(3)28)12-11-22-21-9-7-18-13-19(30-16(2)27)8-10-20(18)24(21)23(29-15-32-5)14-25(22,26)4/h1,8,10,13,21-24H,7,9,11-12,14-15H2,2-5H3/t21?,22-,23+,24+,25-,26-/m1/s1. The van der Waals surface area contributed by atoms with Gasteiger partial charge < -0.3 is 14.2 Å². The molecule has 6 atom stereocenters. The lowest BCUT2D eigenvalue weighted by atomic mass is 9.52. The first-order valence-electron chi connectivity index (χ1n) is 11.3. The zero-order valence-corrected chi connectivity index (χ0v) is 20.1. The summed E-state index contributed by atoms with van der Waals surface area (Å²) < 4.78 is 17.7. The van der Waals surface area contributed by atoms with Crippen molar-refractivity contribution in [2.45, 2.75) is 70.5 Å². The SMILES string of the molecule is C#C[C@@]1(OC(C)=O)CC[C@@H]2C3CCc4cc(OC(C)=O)ccc4[C@@H]3[C@@H](OCSC)C[C@]21C. The molecule has 2 fully saturated rings. The van der Waals surface area contributed by atoms with Gasteiger partial charge in [-0.25, -0.2) is 0 Å². The molecule has 1 aromatic carbocycles. The fraction of sp³-hybridized carbons (Fsp3) is 0.615. The second kappa shape index (κ2) is 8.76. The van der Waals surface area contributed by atoms with Crippen molar-refractivity contribution in [3.63, 3.8) is 0 Å². The van der Waals surface area contributed by atoms with Crippen LogP contribution in [0.15, 0.2) is 18.2 Å². The van der Waals surface area contributed by atoms with Crippen LogP contribution in [-0.4, -0.2) is 35.8 Å². The predicted octanol–water partition coefficient (Wildman–Crippen LogP) is 4.72. The van der Waals surface area contributed by atoms with E-state index < -0.39 is 5.60 Å². The van der Waals surface area contributed by atoms with Gasteiger partial charge in [-0.3, -0.25) is 9.59 Å². The zero-order chi connectivity index (χ0) is 23.1. The van der Waals surface area contributed by atoms with Gasteiger partial charge in [0.25, 0.3) is 0 Å². The number of hydrogen-bond donors (Lipinski definition) is 0. The molecule has 3 aliphatic rings. The maximum atomic E-state index is 12.0. The Hall–Kier alpha value is -1.97. The van der Waals surface area contributed by atoms with Crippen LogP contribution in [0.25, 0.3) is 0 Å². The van der Waals surface area contributed by atoms with E-state index in [9.17, 15) is 9.59 Å². The van der Waals surface area contributed by atoms with Crippen molar-refractivity contribution in [1.82, 2.24) is 0 Å². The fourth-order valence-electron chi connectivity index (χ4n) is 6.82. The van der Waals surface area contributed by atoms with Crippen LogP contribution in [0.2, 0.25) is 0 Å². The summed E-state index contributed by atoms with van der Waals surface area (Å²) in [5, 5.41) is 0. The molecule has 5 nitrogen and oxygen atoms in total. The average molecular weight is 457 g/mol. The molecule has 0 bridgehead atoms. The molecule has 0 saturated heterocycles. The van der Waals surface area contributed by atoms with Gasteiger partial charge in [0.15, 0.2) is 5.60 Å². The molecule has 0 radical (unpaired) electrons. The third-order valence-electron chi connectivity index (χ3n) is 7.99. The molecule has 1 aromatic rings. The summed E-state index contributed by atoms with van der Waals surface area (Å²) in [4.78, 5) is 23.4. The van der Waals surface area contributed by atoms with Crippen molar-refractivity contribution in [2.24, 2.45) is 17.3 Å². The largest absolute Gasteiger partial charge is 0.445 e. The van der Waals surface area contributed by atoms with Crippen LogP contribution < -0.4 is 4.74 Å². The van der Waals surface area contributed by atoms with Crippen molar-refractivity contribution in [3.8, 4) is 18.1 Å². The highest BCUT2D eigenvalue weighted by Gasteiger charge is 2.66. The van der Waals surface area contributed by atoms with Crippen molar-refractivity contribution in [1.29, 1.82) is 0 Å². The lowest BCUT2D eigenvalue weighted by molar-refractivity contribution is -0.173. The Labute approximate surface area is 194 Å². The summed E-state index contributed by atoms with van der Waals surface area (Å²) >= 11 is 1.66. The van der Waals surface area contributed by atoms with E-state index in [-0.39, 0.29) is 29.4 Å². The van der Waals surface area contributed by atoms with Gasteiger partial charge >= 0.3 is 11.9 Å². The Morgan fingerprint density at radius 3 is 2.69 bits per heavy atom. The Morgan fingerprint density at radius 1 is 1.25 bits per heavy atom. The van der Waals surface area contributed by atoms with Crippen molar-refractivity contribution >= 4 is 23.7 Å². The normalized spacial score (nSPS) is 35.1. The van der Waals surface area contributed by atoms with Crippen molar-refractivity contribution < 1.29 is 23.8 Å². The number of esters is 2. The number of rotatable bonds is 5. The van der Waals surface area contributed by atoms with Gasteiger partial charge in [-0.1, -0.05) is 18.9 Å². The van der Waals surface area contributed by atoms with Crippen LogP contribution in [0, 0.1) is 29.6 Å². The van der Waals surface area contributed by atoms with E-state index in [1.54, 1.807) is 11.8 Å². The predicted molar refractivity (Wildman–Crippen MR) is 124 cm³/mol. The summed E-state index contributed by atoms with van der Waals surface area (Å²) in [5.41, 5.74) is 1.31. The molecule has 0 aliphatic heterocycles. The number of thioether (sulfide) groups is 1. The maximum Gasteiger partial charge on any atom is 0.308 e. The van der Waals surface area contributed by atoms with E-state index >= 15 is 0 Å². The van der Waals surface area contributed by atoms with Crippen molar-refractivity contribution in [3.05, 3.63) is 29.3 Å². The highest BCUT2D eigenvalue weighted by molar-refractivity contribution is 7.98. The van der Waals surface area contributed by atoms with Gasteiger partial charge in [0.1, 0.15) is 5.75 Å². The third kappa shape index (κ3) is 3.74. The average Bonchev–Trinajstić information content (AvgIpc) is 3.02. The first kappa shape index (κ1) is 23.2. The first-order valence-corrected chi connectivity index (χ1v) is 12.7. The molecule has 0 heterocycles. The van der Waals surface area contributed by atoms with E-state index in [0.717, 1.165) is 25.7 Å². The molecule has 3 aliphatic carbocycles. The third-order valence-corrected chi connectivity index (χ3v) is 8.36. The second-order valence-electron chi connectivity index (χ2n) is 9.63. The molecule has 0 amide bonds. The van der Waals surface area contributed by atoms with Crippen LogP contribution in [0.3, 0.4) is 0 Å². The summed E-state index contributed by atoms with van der Waals surface area (Å²) in [6.07, 6.45) is 12.4. The molecule has 6 heteroatoms. The topological polar surface area (TPSA) is 61.8 Å². The number of terminal acetylenes is 1. The minimum absolute atomic E-state index is 0.0197.